The molecule has 2 aromatic rings. The molecule has 1 aromatic carbocycles. The molecule has 1 atom stereocenters. The maximum atomic E-state index is 11.7. The Hall–Kier alpha value is -2.05. The third-order valence-corrected chi connectivity index (χ3v) is 3.32. The maximum absolute atomic E-state index is 11.7. The quantitative estimate of drug-likeness (QED) is 0.810. The van der Waals surface area contributed by atoms with E-state index >= 15 is 0 Å². The number of nitrogens with zero attached hydrogens (tertiary/aromatic N) is 2. The summed E-state index contributed by atoms with van der Waals surface area (Å²) in [5, 5.41) is 19.9. The SMILES string of the molecule is Cc1cc(NC(=O)NCC(O)c2ccc(Cl)cc2)nn1C. The van der Waals surface area contributed by atoms with Gasteiger partial charge >= 0.3 is 6.03 Å². The molecule has 0 spiro atoms. The minimum atomic E-state index is -0.793. The third kappa shape index (κ3) is 4.21. The van der Waals surface area contributed by atoms with Crippen molar-refractivity contribution >= 4 is 23.4 Å². The molecule has 1 unspecified atom stereocenters. The van der Waals surface area contributed by atoms with Crippen molar-refractivity contribution in [3.63, 3.8) is 0 Å². The van der Waals surface area contributed by atoms with Crippen molar-refractivity contribution in [3.05, 3.63) is 46.6 Å². The largest absolute Gasteiger partial charge is 0.387 e. The van der Waals surface area contributed by atoms with Gasteiger partial charge in [0.2, 0.25) is 0 Å². The van der Waals surface area contributed by atoms with E-state index in [-0.39, 0.29) is 6.54 Å². The summed E-state index contributed by atoms with van der Waals surface area (Å²) in [6.07, 6.45) is -0.793. The zero-order chi connectivity index (χ0) is 15.4. The molecule has 0 aliphatic heterocycles. The number of urea groups is 1. The number of nitrogens with one attached hydrogen (secondary N) is 2. The highest BCUT2D eigenvalue weighted by molar-refractivity contribution is 6.30. The maximum Gasteiger partial charge on any atom is 0.320 e. The van der Waals surface area contributed by atoms with Crippen LogP contribution in [0.3, 0.4) is 0 Å². The van der Waals surface area contributed by atoms with Gasteiger partial charge in [0.25, 0.3) is 0 Å². The number of hydrogen-bond donors (Lipinski definition) is 3. The van der Waals surface area contributed by atoms with E-state index in [1.54, 1.807) is 42.1 Å². The first-order valence-corrected chi connectivity index (χ1v) is 6.82. The molecule has 0 fully saturated rings. The van der Waals surface area contributed by atoms with E-state index < -0.39 is 12.1 Å². The van der Waals surface area contributed by atoms with Gasteiger partial charge in [-0.3, -0.25) is 10.00 Å². The van der Waals surface area contributed by atoms with Crippen LogP contribution in [0.15, 0.2) is 30.3 Å². The Balaban J connectivity index is 1.84. The molecule has 0 bridgehead atoms. The number of hydrogen-bond acceptors (Lipinski definition) is 3. The van der Waals surface area contributed by atoms with Crippen LogP contribution in [0.25, 0.3) is 0 Å². The number of benzene rings is 1. The Morgan fingerprint density at radius 3 is 2.67 bits per heavy atom. The first-order valence-electron chi connectivity index (χ1n) is 6.44. The van der Waals surface area contributed by atoms with E-state index in [2.05, 4.69) is 15.7 Å². The summed E-state index contributed by atoms with van der Waals surface area (Å²) in [6, 6.07) is 8.16. The standard InChI is InChI=1S/C14H17ClN4O2/c1-9-7-13(18-19(9)2)17-14(21)16-8-12(20)10-3-5-11(15)6-4-10/h3-7,12,20H,8H2,1-2H3,(H2,16,17,18,21). The highest BCUT2D eigenvalue weighted by atomic mass is 35.5. The summed E-state index contributed by atoms with van der Waals surface area (Å²) in [5.74, 6) is 0.466. The summed E-state index contributed by atoms with van der Waals surface area (Å²) in [4.78, 5) is 11.7. The van der Waals surface area contributed by atoms with Crippen LogP contribution in [0.1, 0.15) is 17.4 Å². The number of amides is 2. The number of halogens is 1. The fraction of sp³-hybridized carbons (Fsp3) is 0.286. The smallest absolute Gasteiger partial charge is 0.320 e. The first kappa shape index (κ1) is 15.3. The summed E-state index contributed by atoms with van der Waals surface area (Å²) in [6.45, 7) is 1.99. The Morgan fingerprint density at radius 2 is 2.10 bits per heavy atom. The van der Waals surface area contributed by atoms with Gasteiger partial charge in [0, 0.05) is 30.4 Å². The van der Waals surface area contributed by atoms with Crippen molar-refractivity contribution in [1.29, 1.82) is 0 Å². The number of aliphatic hydroxyl groups excluding tert-OH is 1. The van der Waals surface area contributed by atoms with Gasteiger partial charge in [-0.25, -0.2) is 4.79 Å². The lowest BCUT2D eigenvalue weighted by molar-refractivity contribution is 0.175. The fourth-order valence-electron chi connectivity index (χ4n) is 1.77. The van der Waals surface area contributed by atoms with Gasteiger partial charge in [0.1, 0.15) is 0 Å². The second kappa shape index (κ2) is 6.60. The van der Waals surface area contributed by atoms with Gasteiger partial charge in [-0.2, -0.15) is 5.10 Å². The third-order valence-electron chi connectivity index (χ3n) is 3.07. The van der Waals surface area contributed by atoms with Crippen molar-refractivity contribution < 1.29 is 9.90 Å². The molecule has 21 heavy (non-hydrogen) atoms. The molecule has 3 N–H and O–H groups in total. The summed E-state index contributed by atoms with van der Waals surface area (Å²) >= 11 is 5.78. The molecular weight excluding hydrogens is 292 g/mol. The Bertz CT molecular complexity index is 605. The summed E-state index contributed by atoms with van der Waals surface area (Å²) in [5.41, 5.74) is 1.62. The lowest BCUT2D eigenvalue weighted by atomic mass is 10.1. The minimum absolute atomic E-state index is 0.0965. The van der Waals surface area contributed by atoms with Crippen LogP contribution in [0.5, 0.6) is 0 Å². The van der Waals surface area contributed by atoms with E-state index in [9.17, 15) is 9.90 Å². The van der Waals surface area contributed by atoms with Crippen LogP contribution in [0.2, 0.25) is 5.02 Å². The van der Waals surface area contributed by atoms with Crippen molar-refractivity contribution in [3.8, 4) is 0 Å². The average molecular weight is 309 g/mol. The molecule has 2 amide bonds. The van der Waals surface area contributed by atoms with Crippen molar-refractivity contribution in [2.24, 2.45) is 7.05 Å². The Morgan fingerprint density at radius 1 is 1.43 bits per heavy atom. The summed E-state index contributed by atoms with van der Waals surface area (Å²) < 4.78 is 1.66. The van der Waals surface area contributed by atoms with Gasteiger partial charge in [-0.15, -0.1) is 0 Å². The molecule has 0 aliphatic carbocycles. The van der Waals surface area contributed by atoms with Crippen LogP contribution in [-0.4, -0.2) is 27.5 Å². The first-order chi connectivity index (χ1) is 9.95. The number of aromatic nitrogens is 2. The molecule has 7 heteroatoms. The average Bonchev–Trinajstić information content (AvgIpc) is 2.75. The monoisotopic (exact) mass is 308 g/mol. The van der Waals surface area contributed by atoms with Crippen LogP contribution in [0, 0.1) is 6.92 Å². The van der Waals surface area contributed by atoms with Gasteiger partial charge in [-0.05, 0) is 24.6 Å². The Kier molecular flexibility index (Phi) is 4.82. The highest BCUT2D eigenvalue weighted by Gasteiger charge is 2.10. The number of carbonyl (C=O) groups excluding carboxylic acids is 1. The van der Waals surface area contributed by atoms with E-state index in [0.717, 1.165) is 5.69 Å². The van der Waals surface area contributed by atoms with E-state index in [0.29, 0.717) is 16.4 Å². The van der Waals surface area contributed by atoms with Crippen molar-refractivity contribution in [2.45, 2.75) is 13.0 Å². The van der Waals surface area contributed by atoms with E-state index in [1.807, 2.05) is 6.92 Å². The van der Waals surface area contributed by atoms with Crippen molar-refractivity contribution in [1.82, 2.24) is 15.1 Å². The molecular formula is C14H17ClN4O2. The topological polar surface area (TPSA) is 79.2 Å². The molecule has 0 radical (unpaired) electrons. The van der Waals surface area contributed by atoms with E-state index in [4.69, 9.17) is 11.6 Å². The fourth-order valence-corrected chi connectivity index (χ4v) is 1.90. The number of anilines is 1. The number of carbonyl (C=O) groups is 1. The highest BCUT2D eigenvalue weighted by Crippen LogP contribution is 2.15. The van der Waals surface area contributed by atoms with E-state index in [1.165, 1.54) is 0 Å². The molecule has 0 saturated carbocycles. The minimum Gasteiger partial charge on any atom is -0.387 e. The van der Waals surface area contributed by atoms with Crippen LogP contribution < -0.4 is 10.6 Å². The predicted molar refractivity (Wildman–Crippen MR) is 81.4 cm³/mol. The molecule has 6 nitrogen and oxygen atoms in total. The molecule has 0 aliphatic rings. The number of aryl methyl sites for hydroxylation is 2. The number of aliphatic hydroxyl groups is 1. The molecule has 1 aromatic heterocycles. The van der Waals surface area contributed by atoms with Gasteiger partial charge in [-0.1, -0.05) is 23.7 Å². The normalized spacial score (nSPS) is 12.0. The zero-order valence-corrected chi connectivity index (χ0v) is 12.6. The van der Waals surface area contributed by atoms with Crippen LogP contribution >= 0.6 is 11.6 Å². The van der Waals surface area contributed by atoms with Gasteiger partial charge < -0.3 is 10.4 Å². The second-order valence-corrected chi connectivity index (χ2v) is 5.13. The Labute approximate surface area is 127 Å². The van der Waals surface area contributed by atoms with Crippen molar-refractivity contribution in [2.75, 3.05) is 11.9 Å². The summed E-state index contributed by atoms with van der Waals surface area (Å²) in [7, 11) is 1.79. The van der Waals surface area contributed by atoms with Crippen LogP contribution in [-0.2, 0) is 7.05 Å². The van der Waals surface area contributed by atoms with Crippen LogP contribution in [0.4, 0.5) is 10.6 Å². The zero-order valence-electron chi connectivity index (χ0n) is 11.8. The van der Waals surface area contributed by atoms with Gasteiger partial charge in [0.15, 0.2) is 5.82 Å². The molecule has 1 heterocycles. The predicted octanol–water partition coefficient (Wildman–Crippen LogP) is 2.24. The van der Waals surface area contributed by atoms with Gasteiger partial charge in [0.05, 0.1) is 6.10 Å². The lowest BCUT2D eigenvalue weighted by Gasteiger charge is -2.12. The number of rotatable bonds is 4. The second-order valence-electron chi connectivity index (χ2n) is 4.70. The molecule has 112 valence electrons. The lowest BCUT2D eigenvalue weighted by Crippen LogP contribution is -2.32. The molecule has 0 saturated heterocycles. The molecule has 2 rings (SSSR count).